The van der Waals surface area contributed by atoms with Crippen molar-refractivity contribution in [3.63, 3.8) is 0 Å². The van der Waals surface area contributed by atoms with Crippen LogP contribution in [0.4, 0.5) is 0 Å². The van der Waals surface area contributed by atoms with Gasteiger partial charge >= 0.3 is 22.7 Å². The van der Waals surface area contributed by atoms with Crippen LogP contribution in [-0.4, -0.2) is 0 Å². The summed E-state index contributed by atoms with van der Waals surface area (Å²) in [6.45, 7) is 12.0. The van der Waals surface area contributed by atoms with Crippen LogP contribution in [0.3, 0.4) is 0 Å². The summed E-state index contributed by atoms with van der Waals surface area (Å²) in [6.07, 6.45) is 0. The van der Waals surface area contributed by atoms with E-state index in [1.165, 1.54) is 0 Å². The first-order chi connectivity index (χ1) is 16.8. The first kappa shape index (κ1) is 26.7. The highest BCUT2D eigenvalue weighted by Gasteiger charge is 2.37. The molecule has 0 saturated carbocycles. The molecule has 1 aliphatic rings. The van der Waals surface area contributed by atoms with E-state index in [-0.39, 0.29) is 0 Å². The van der Waals surface area contributed by atoms with E-state index in [0.29, 0.717) is 17.2 Å². The van der Waals surface area contributed by atoms with Crippen LogP contribution in [-0.2, 0) is 0 Å². The van der Waals surface area contributed by atoms with Crippen LogP contribution in [0.2, 0.25) is 0 Å². The van der Waals surface area contributed by atoms with Gasteiger partial charge < -0.3 is 13.6 Å². The molecule has 6 N–H and O–H groups in total. The molecule has 0 atom stereocenters. The lowest BCUT2D eigenvalue weighted by atomic mass is 10.1. The van der Waals surface area contributed by atoms with Gasteiger partial charge in [-0.05, 0) is 111 Å². The highest BCUT2D eigenvalue weighted by Crippen LogP contribution is 2.71. The maximum Gasteiger partial charge on any atom is 0.331 e. The van der Waals surface area contributed by atoms with E-state index in [0.717, 1.165) is 33.4 Å². The average Bonchev–Trinajstić information content (AvgIpc) is 2.74. The fourth-order valence-electron chi connectivity index (χ4n) is 3.49. The highest BCUT2D eigenvalue weighted by molar-refractivity contribution is 7.81. The minimum Gasteiger partial charge on any atom is -0.431 e. The van der Waals surface area contributed by atoms with Crippen LogP contribution in [0, 0.1) is 41.5 Å². The first-order valence-corrected chi connectivity index (χ1v) is 16.4. The maximum atomic E-state index is 6.68. The predicted octanol–water partition coefficient (Wildman–Crippen LogP) is 7.80. The molecule has 0 saturated heterocycles. The van der Waals surface area contributed by atoms with Gasteiger partial charge in [0.15, 0.2) is 0 Å². The maximum absolute atomic E-state index is 6.68. The molecular weight excluding hydrogens is 513 g/mol. The standard InChI is InChI=1S/C24H33N6O3P3/c1-16-7-10-22(13-19(16)4)31-34(25)28-35(26,32-23-11-8-17(2)20(5)14-23)30-36(27,29-34)33-24-12-9-18(3)21(6)15-24/h7-15H,25-27H2,1-6H3. The third-order valence-corrected chi connectivity index (χ3v) is 13.5. The van der Waals surface area contributed by atoms with Gasteiger partial charge in [0.25, 0.3) is 0 Å². The van der Waals surface area contributed by atoms with Gasteiger partial charge in [-0.15, -0.1) is 13.5 Å². The largest absolute Gasteiger partial charge is 0.431 e. The second-order valence-electron chi connectivity index (χ2n) is 9.05. The molecule has 9 nitrogen and oxygen atoms in total. The zero-order valence-electron chi connectivity index (χ0n) is 21.3. The zero-order chi connectivity index (χ0) is 26.3. The van der Waals surface area contributed by atoms with Crippen molar-refractivity contribution in [3.8, 4) is 17.2 Å². The Morgan fingerprint density at radius 3 is 0.917 bits per heavy atom. The van der Waals surface area contributed by atoms with E-state index in [2.05, 4.69) is 13.5 Å². The molecule has 36 heavy (non-hydrogen) atoms. The summed E-state index contributed by atoms with van der Waals surface area (Å²) in [6, 6.07) is 16.9. The topological polar surface area (TPSA) is 143 Å². The molecule has 3 aromatic carbocycles. The van der Waals surface area contributed by atoms with Crippen molar-refractivity contribution < 1.29 is 13.6 Å². The normalized spacial score (nSPS) is 25.2. The molecule has 12 heteroatoms. The molecular formula is C24H33N6O3P3. The van der Waals surface area contributed by atoms with Gasteiger partial charge in [0.2, 0.25) is 0 Å². The number of nitrogens with zero attached hydrogens (tertiary/aromatic N) is 3. The molecule has 0 aromatic heterocycles. The first-order valence-electron chi connectivity index (χ1n) is 11.3. The lowest BCUT2D eigenvalue weighted by Gasteiger charge is -2.30. The number of hydrogen-bond donors (Lipinski definition) is 3. The quantitative estimate of drug-likeness (QED) is 0.269. The fraction of sp³-hybridized carbons (Fsp3) is 0.250. The van der Waals surface area contributed by atoms with Gasteiger partial charge in [0, 0.05) is 0 Å². The Kier molecular flexibility index (Phi) is 7.29. The number of hydrogen-bond acceptors (Lipinski definition) is 9. The Balaban J connectivity index is 1.82. The zero-order valence-corrected chi connectivity index (χ0v) is 24.0. The third kappa shape index (κ3) is 6.12. The van der Waals surface area contributed by atoms with E-state index >= 15 is 0 Å². The molecule has 3 aromatic rings. The van der Waals surface area contributed by atoms with Gasteiger partial charge in [-0.25, -0.2) is 16.5 Å². The minimum atomic E-state index is -3.43. The van der Waals surface area contributed by atoms with Gasteiger partial charge in [-0.2, -0.15) is 0 Å². The van der Waals surface area contributed by atoms with Crippen molar-refractivity contribution in [1.82, 2.24) is 0 Å². The van der Waals surface area contributed by atoms with Crippen molar-refractivity contribution >= 4 is 22.7 Å². The van der Waals surface area contributed by atoms with E-state index < -0.39 is 22.7 Å². The van der Waals surface area contributed by atoms with Crippen LogP contribution in [0.15, 0.2) is 68.1 Å². The summed E-state index contributed by atoms with van der Waals surface area (Å²) in [4.78, 5) is 0. The van der Waals surface area contributed by atoms with E-state index in [1.807, 2.05) is 96.1 Å². The monoisotopic (exact) mass is 546 g/mol. The molecule has 0 spiro atoms. The molecule has 1 aliphatic heterocycles. The summed E-state index contributed by atoms with van der Waals surface area (Å²) in [5, 5.41) is 0. The second-order valence-corrected chi connectivity index (χ2v) is 15.3. The van der Waals surface area contributed by atoms with Crippen LogP contribution in [0.1, 0.15) is 33.4 Å². The SMILES string of the molecule is Cc1ccc(OP2(N)=NP(N)(Oc3ccc(C)c(C)c3)=NP(N)(Oc3ccc(C)c(C)c3)=N2)cc1C. The van der Waals surface area contributed by atoms with Gasteiger partial charge in [-0.3, -0.25) is 0 Å². The number of aryl methyl sites for hydroxylation is 6. The summed E-state index contributed by atoms with van der Waals surface area (Å²) in [7, 11) is -10.3. The molecule has 0 fully saturated rings. The Hall–Kier alpha value is -2.37. The molecule has 1 heterocycles. The summed E-state index contributed by atoms with van der Waals surface area (Å²) in [5.41, 5.74) is 26.5. The second kappa shape index (κ2) is 9.83. The Labute approximate surface area is 213 Å². The Morgan fingerprint density at radius 2 is 0.694 bits per heavy atom. The Morgan fingerprint density at radius 1 is 0.444 bits per heavy atom. The smallest absolute Gasteiger partial charge is 0.331 e. The van der Waals surface area contributed by atoms with Gasteiger partial charge in [0.05, 0.1) is 0 Å². The van der Waals surface area contributed by atoms with Crippen molar-refractivity contribution in [2.24, 2.45) is 30.1 Å². The van der Waals surface area contributed by atoms with Gasteiger partial charge in [0.1, 0.15) is 17.2 Å². The van der Waals surface area contributed by atoms with E-state index in [4.69, 9.17) is 30.1 Å². The minimum absolute atomic E-state index is 0.513. The number of benzene rings is 3. The van der Waals surface area contributed by atoms with Crippen LogP contribution >= 0.6 is 22.7 Å². The van der Waals surface area contributed by atoms with Crippen LogP contribution in [0.25, 0.3) is 0 Å². The molecule has 0 aliphatic carbocycles. The van der Waals surface area contributed by atoms with Crippen molar-refractivity contribution in [2.45, 2.75) is 41.5 Å². The number of rotatable bonds is 6. The third-order valence-electron chi connectivity index (χ3n) is 5.92. The van der Waals surface area contributed by atoms with Crippen molar-refractivity contribution in [1.29, 1.82) is 0 Å². The lowest BCUT2D eigenvalue weighted by Crippen LogP contribution is -2.13. The van der Waals surface area contributed by atoms with Crippen molar-refractivity contribution in [3.05, 3.63) is 88.0 Å². The van der Waals surface area contributed by atoms with Crippen molar-refractivity contribution in [2.75, 3.05) is 0 Å². The fourth-order valence-corrected chi connectivity index (χ4v) is 11.4. The molecule has 0 radical (unpaired) electrons. The predicted molar refractivity (Wildman–Crippen MR) is 150 cm³/mol. The summed E-state index contributed by atoms with van der Waals surface area (Å²) in [5.74, 6) is 1.54. The Bertz CT molecular complexity index is 1320. The molecule has 0 unspecified atom stereocenters. The molecule has 192 valence electrons. The molecule has 0 amide bonds. The molecule has 4 rings (SSSR count). The van der Waals surface area contributed by atoms with Crippen LogP contribution < -0.4 is 30.1 Å². The van der Waals surface area contributed by atoms with E-state index in [1.54, 1.807) is 0 Å². The summed E-state index contributed by atoms with van der Waals surface area (Å²) < 4.78 is 32.2. The lowest BCUT2D eigenvalue weighted by molar-refractivity contribution is 0.579. The molecule has 0 bridgehead atoms. The average molecular weight is 546 g/mol. The van der Waals surface area contributed by atoms with Gasteiger partial charge in [-0.1, -0.05) is 18.2 Å². The van der Waals surface area contributed by atoms with Crippen LogP contribution in [0.5, 0.6) is 17.2 Å². The summed E-state index contributed by atoms with van der Waals surface area (Å²) >= 11 is 0. The van der Waals surface area contributed by atoms with E-state index in [9.17, 15) is 0 Å². The highest BCUT2D eigenvalue weighted by atomic mass is 31.3. The number of nitrogens with two attached hydrogens (primary N) is 3.